The molecular weight excluding hydrogens is 340 g/mol. The largest absolute Gasteiger partial charge is 0.372 e. The Morgan fingerprint density at radius 3 is 2.59 bits per heavy atom. The van der Waals surface area contributed by atoms with E-state index in [9.17, 15) is 4.79 Å². The van der Waals surface area contributed by atoms with E-state index in [0.717, 1.165) is 41.1 Å². The van der Waals surface area contributed by atoms with Gasteiger partial charge in [-0.2, -0.15) is 0 Å². The number of nitrogens with one attached hydrogen (secondary N) is 2. The summed E-state index contributed by atoms with van der Waals surface area (Å²) in [6.07, 6.45) is 3.63. The van der Waals surface area contributed by atoms with Crippen LogP contribution >= 0.6 is 0 Å². The van der Waals surface area contributed by atoms with Crippen molar-refractivity contribution in [1.82, 2.24) is 15.4 Å². The lowest BCUT2D eigenvalue weighted by Crippen LogP contribution is -2.21. The van der Waals surface area contributed by atoms with Gasteiger partial charge in [-0.1, -0.05) is 24.3 Å². The van der Waals surface area contributed by atoms with Crippen LogP contribution in [0.4, 0.5) is 5.69 Å². The quantitative estimate of drug-likeness (QED) is 0.340. The third-order valence-electron chi connectivity index (χ3n) is 4.53. The van der Waals surface area contributed by atoms with Crippen molar-refractivity contribution in [2.45, 2.75) is 20.3 Å². The summed E-state index contributed by atoms with van der Waals surface area (Å²) >= 11 is 0. The van der Waals surface area contributed by atoms with Gasteiger partial charge in [-0.3, -0.25) is 10.0 Å². The zero-order chi connectivity index (χ0) is 19.2. The van der Waals surface area contributed by atoms with Crippen LogP contribution in [0, 0.1) is 0 Å². The topological polar surface area (TPSA) is 81.2 Å². The molecule has 27 heavy (non-hydrogen) atoms. The maximum absolute atomic E-state index is 11.0. The van der Waals surface area contributed by atoms with Gasteiger partial charge in [0.1, 0.15) is 5.82 Å². The maximum atomic E-state index is 11.0. The number of fused-ring (bicyclic) bond motifs is 1. The van der Waals surface area contributed by atoms with Gasteiger partial charge >= 0.3 is 0 Å². The average molecular weight is 364 g/mol. The molecular formula is C21H24N4O2. The van der Waals surface area contributed by atoms with Gasteiger partial charge < -0.3 is 9.88 Å². The van der Waals surface area contributed by atoms with Crippen molar-refractivity contribution in [1.29, 1.82) is 0 Å². The maximum Gasteiger partial charge on any atom is 0.267 e. The molecule has 1 amide bonds. The fourth-order valence-electron chi connectivity index (χ4n) is 3.07. The number of benzene rings is 2. The van der Waals surface area contributed by atoms with Gasteiger partial charge in [0.2, 0.25) is 0 Å². The Morgan fingerprint density at radius 1 is 1.19 bits per heavy atom. The summed E-state index contributed by atoms with van der Waals surface area (Å²) in [7, 11) is 0. The first-order chi connectivity index (χ1) is 13.1. The molecule has 0 unspecified atom stereocenters. The minimum absolute atomic E-state index is 0.551. The number of hydrogen-bond donors (Lipinski definition) is 3. The van der Waals surface area contributed by atoms with Gasteiger partial charge in [0.25, 0.3) is 5.91 Å². The zero-order valence-electron chi connectivity index (χ0n) is 15.6. The van der Waals surface area contributed by atoms with E-state index in [0.29, 0.717) is 6.42 Å². The van der Waals surface area contributed by atoms with Crippen LogP contribution in [0.25, 0.3) is 17.1 Å². The van der Waals surface area contributed by atoms with E-state index < -0.39 is 5.91 Å². The van der Waals surface area contributed by atoms with Crippen LogP contribution < -0.4 is 10.4 Å². The first-order valence-corrected chi connectivity index (χ1v) is 9.07. The van der Waals surface area contributed by atoms with Crippen LogP contribution in [-0.2, 0) is 11.2 Å². The monoisotopic (exact) mass is 364 g/mol. The second-order valence-electron chi connectivity index (χ2n) is 6.28. The summed E-state index contributed by atoms with van der Waals surface area (Å²) in [6.45, 7) is 6.26. The Hall–Kier alpha value is -3.12. The van der Waals surface area contributed by atoms with Crippen molar-refractivity contribution >= 4 is 28.7 Å². The molecule has 3 aromatic rings. The number of carbonyl (C=O) groups excluding carboxylic acids is 1. The lowest BCUT2D eigenvalue weighted by Gasteiger charge is -2.20. The zero-order valence-corrected chi connectivity index (χ0v) is 15.6. The number of nitrogens with zero attached hydrogens (tertiary/aromatic N) is 2. The second-order valence-corrected chi connectivity index (χ2v) is 6.28. The Kier molecular flexibility index (Phi) is 5.88. The van der Waals surface area contributed by atoms with E-state index in [1.54, 1.807) is 11.6 Å². The molecule has 2 aromatic carbocycles. The van der Waals surface area contributed by atoms with E-state index in [1.165, 1.54) is 11.8 Å². The highest BCUT2D eigenvalue weighted by Crippen LogP contribution is 2.21. The van der Waals surface area contributed by atoms with Crippen LogP contribution in [-0.4, -0.2) is 34.2 Å². The molecule has 1 aromatic heterocycles. The van der Waals surface area contributed by atoms with Gasteiger partial charge in [-0.25, -0.2) is 10.5 Å². The van der Waals surface area contributed by atoms with Gasteiger partial charge in [0.15, 0.2) is 0 Å². The summed E-state index contributed by atoms with van der Waals surface area (Å²) < 4.78 is 0. The molecule has 0 atom stereocenters. The molecule has 0 fully saturated rings. The predicted octanol–water partition coefficient (Wildman–Crippen LogP) is 3.52. The van der Waals surface area contributed by atoms with E-state index >= 15 is 0 Å². The van der Waals surface area contributed by atoms with Crippen LogP contribution in [0.5, 0.6) is 0 Å². The summed E-state index contributed by atoms with van der Waals surface area (Å²) in [5.74, 6) is 0.370. The lowest BCUT2D eigenvalue weighted by atomic mass is 10.1. The van der Waals surface area contributed by atoms with Crippen molar-refractivity contribution in [2.24, 2.45) is 0 Å². The molecule has 1 heterocycles. The molecule has 0 saturated heterocycles. The van der Waals surface area contributed by atoms with Crippen molar-refractivity contribution in [3.8, 4) is 0 Å². The normalized spacial score (nSPS) is 11.2. The van der Waals surface area contributed by atoms with E-state index in [1.807, 2.05) is 24.3 Å². The molecule has 140 valence electrons. The molecule has 0 aliphatic carbocycles. The smallest absolute Gasteiger partial charge is 0.267 e. The van der Waals surface area contributed by atoms with E-state index in [-0.39, 0.29) is 0 Å². The number of amides is 1. The van der Waals surface area contributed by atoms with Gasteiger partial charge in [-0.05, 0) is 49.2 Å². The van der Waals surface area contributed by atoms with Crippen molar-refractivity contribution in [2.75, 3.05) is 18.0 Å². The number of rotatable bonds is 7. The molecule has 0 saturated carbocycles. The lowest BCUT2D eigenvalue weighted by molar-refractivity contribution is -0.124. The average Bonchev–Trinajstić information content (AvgIpc) is 3.09. The van der Waals surface area contributed by atoms with E-state index in [4.69, 9.17) is 5.21 Å². The summed E-state index contributed by atoms with van der Waals surface area (Å²) in [4.78, 5) is 21.4. The molecule has 3 rings (SSSR count). The highest BCUT2D eigenvalue weighted by Gasteiger charge is 2.07. The summed E-state index contributed by atoms with van der Waals surface area (Å²) in [5, 5.41) is 8.49. The highest BCUT2D eigenvalue weighted by atomic mass is 16.5. The second kappa shape index (κ2) is 8.51. The standard InChI is InChI=1S/C21H24N4O2/c1-3-25(4-2)17-10-11-18-19(14-17)23-20(22-18)13-16-7-5-15(6-8-16)9-12-21(26)24-27/h5-12,14,27H,3-4,13H2,1-2H3,(H,22,23)(H,24,26). The summed E-state index contributed by atoms with van der Waals surface area (Å²) in [6, 6.07) is 14.2. The van der Waals surface area contributed by atoms with Crippen molar-refractivity contribution < 1.29 is 10.0 Å². The molecule has 0 bridgehead atoms. The molecule has 0 radical (unpaired) electrons. The van der Waals surface area contributed by atoms with Crippen LogP contribution in [0.15, 0.2) is 48.5 Å². The molecule has 0 aliphatic rings. The minimum atomic E-state index is -0.551. The fourth-order valence-corrected chi connectivity index (χ4v) is 3.07. The Bertz CT molecular complexity index is 940. The molecule has 6 nitrogen and oxygen atoms in total. The highest BCUT2D eigenvalue weighted by molar-refractivity contribution is 5.90. The van der Waals surface area contributed by atoms with Crippen molar-refractivity contribution in [3.05, 3.63) is 65.5 Å². The first kappa shape index (κ1) is 18.7. The third-order valence-corrected chi connectivity index (χ3v) is 4.53. The van der Waals surface area contributed by atoms with Gasteiger partial charge in [0.05, 0.1) is 11.0 Å². The van der Waals surface area contributed by atoms with Gasteiger partial charge in [0, 0.05) is 31.3 Å². The van der Waals surface area contributed by atoms with Crippen LogP contribution in [0.3, 0.4) is 0 Å². The Morgan fingerprint density at radius 2 is 1.93 bits per heavy atom. The number of hydroxylamine groups is 1. The fraction of sp³-hybridized carbons (Fsp3) is 0.238. The van der Waals surface area contributed by atoms with Crippen LogP contribution in [0.2, 0.25) is 0 Å². The first-order valence-electron chi connectivity index (χ1n) is 9.07. The Labute approximate surface area is 158 Å². The van der Waals surface area contributed by atoms with Crippen molar-refractivity contribution in [3.63, 3.8) is 0 Å². The Balaban J connectivity index is 1.74. The third kappa shape index (κ3) is 4.54. The van der Waals surface area contributed by atoms with E-state index in [2.05, 4.69) is 46.9 Å². The number of imidazole rings is 1. The minimum Gasteiger partial charge on any atom is -0.372 e. The number of H-pyrrole nitrogens is 1. The van der Waals surface area contributed by atoms with Crippen LogP contribution in [0.1, 0.15) is 30.8 Å². The number of carbonyl (C=O) groups is 1. The predicted molar refractivity (Wildman–Crippen MR) is 108 cm³/mol. The molecule has 0 spiro atoms. The molecule has 0 aliphatic heterocycles. The number of anilines is 1. The molecule has 3 N–H and O–H groups in total. The number of aromatic nitrogens is 2. The SMILES string of the molecule is CCN(CC)c1ccc2nc(Cc3ccc(C=CC(=O)NO)cc3)[nH]c2c1. The van der Waals surface area contributed by atoms with Gasteiger partial charge in [-0.15, -0.1) is 0 Å². The molecule has 6 heteroatoms. The number of aromatic amines is 1. The summed E-state index contributed by atoms with van der Waals surface area (Å²) in [5.41, 5.74) is 6.79. The number of hydrogen-bond acceptors (Lipinski definition) is 4.